The Bertz CT molecular complexity index is 142. The van der Waals surface area contributed by atoms with Gasteiger partial charge in [-0.15, -0.1) is 0 Å². The first-order valence-corrected chi connectivity index (χ1v) is 5.75. The van der Waals surface area contributed by atoms with E-state index in [9.17, 15) is 4.79 Å². The molecule has 0 heterocycles. The van der Waals surface area contributed by atoms with Crippen LogP contribution in [0.15, 0.2) is 0 Å². The first kappa shape index (κ1) is 20.8. The maximum absolute atomic E-state index is 10.4. The maximum Gasteiger partial charge on any atom is 0.324 e. The van der Waals surface area contributed by atoms with Crippen molar-refractivity contribution in [1.29, 1.82) is 0 Å². The molecule has 15 heavy (non-hydrogen) atoms. The number of carbonyl (C=O) groups is 1. The molecule has 0 fully saturated rings. The first-order valence-electron chi connectivity index (χ1n) is 4.55. The third-order valence-corrected chi connectivity index (χ3v) is 1.75. The molecule has 0 spiro atoms. The Kier molecular flexibility index (Phi) is 19.9. The van der Waals surface area contributed by atoms with Crippen LogP contribution in [0.3, 0.4) is 0 Å². The third kappa shape index (κ3) is 20.5. The van der Waals surface area contributed by atoms with E-state index in [0.29, 0.717) is 0 Å². The number of hydrogen-bond acceptors (Lipinski definition) is 4. The van der Waals surface area contributed by atoms with Gasteiger partial charge >= 0.3 is 14.6 Å². The summed E-state index contributed by atoms with van der Waals surface area (Å²) in [5.74, 6) is -0.754. The van der Waals surface area contributed by atoms with Crippen LogP contribution in [-0.4, -0.2) is 25.8 Å². The molecular weight excluding hydrogens is 272 g/mol. The fourth-order valence-corrected chi connectivity index (χ4v) is 0.953. The van der Waals surface area contributed by atoms with Gasteiger partial charge in [-0.25, -0.2) is 0 Å². The molecule has 0 aliphatic heterocycles. The van der Waals surface area contributed by atoms with Crippen molar-refractivity contribution in [3.05, 3.63) is 0 Å². The van der Waals surface area contributed by atoms with Crippen molar-refractivity contribution < 1.29 is 44.1 Å². The van der Waals surface area contributed by atoms with Crippen molar-refractivity contribution in [2.75, 3.05) is 0 Å². The number of unbranched alkanes of at least 4 members (excludes halogenated alkanes) is 1. The average molecular weight is 292 g/mol. The average Bonchev–Trinajstić information content (AvgIpc) is 2.04. The second kappa shape index (κ2) is 14.4. The van der Waals surface area contributed by atoms with E-state index in [1.54, 1.807) is 0 Å². The zero-order chi connectivity index (χ0) is 11.6. The summed E-state index contributed by atoms with van der Waals surface area (Å²) in [4.78, 5) is 32.1. The fourth-order valence-electron chi connectivity index (χ4n) is 0.953. The summed E-state index contributed by atoms with van der Waals surface area (Å²) < 4.78 is 0. The SMILES string of the molecule is CCCCC(CC)C(=O)O.OP(O)O.[Zn]. The number of carboxylic acid groups (broad SMARTS) is 1. The van der Waals surface area contributed by atoms with Gasteiger partial charge in [0.1, 0.15) is 0 Å². The molecule has 1 unspecified atom stereocenters. The molecule has 0 saturated heterocycles. The molecule has 5 nitrogen and oxygen atoms in total. The molecule has 1 atom stereocenters. The molecule has 88 valence electrons. The van der Waals surface area contributed by atoms with Crippen molar-refractivity contribution >= 4 is 14.6 Å². The number of rotatable bonds is 5. The standard InChI is InChI=1S/C8H16O2.H3O3P.Zn/c1-3-5-6-7(4-2)8(9)10;1-4(2)3;/h7H,3-6H2,1-2H3,(H,9,10);1-3H;. The van der Waals surface area contributed by atoms with Crippen LogP contribution in [0.5, 0.6) is 0 Å². The summed E-state index contributed by atoms with van der Waals surface area (Å²) >= 11 is 0. The number of carboxylic acids is 1. The minimum atomic E-state index is -2.62. The molecule has 0 radical (unpaired) electrons. The smallest absolute Gasteiger partial charge is 0.324 e. The van der Waals surface area contributed by atoms with Crippen LogP contribution in [-0.2, 0) is 24.3 Å². The second-order valence-corrected chi connectivity index (χ2v) is 3.39. The zero-order valence-electron chi connectivity index (χ0n) is 9.26. The van der Waals surface area contributed by atoms with Crippen LogP contribution in [0.4, 0.5) is 0 Å². The summed E-state index contributed by atoms with van der Waals surface area (Å²) in [6, 6.07) is 0. The van der Waals surface area contributed by atoms with E-state index < -0.39 is 14.6 Å². The summed E-state index contributed by atoms with van der Waals surface area (Å²) in [6.07, 6.45) is 3.71. The van der Waals surface area contributed by atoms with Gasteiger partial charge in [0.25, 0.3) is 0 Å². The second-order valence-electron chi connectivity index (χ2n) is 2.85. The molecule has 0 aromatic carbocycles. The first-order chi connectivity index (χ1) is 6.45. The zero-order valence-corrected chi connectivity index (χ0v) is 13.1. The molecule has 0 rings (SSSR count). The monoisotopic (exact) mass is 290 g/mol. The van der Waals surface area contributed by atoms with Crippen molar-refractivity contribution in [2.45, 2.75) is 39.5 Å². The summed E-state index contributed by atoms with van der Waals surface area (Å²) in [5.41, 5.74) is 0. The Balaban J connectivity index is -0.000000249. The van der Waals surface area contributed by atoms with Gasteiger partial charge in [0.05, 0.1) is 5.92 Å². The topological polar surface area (TPSA) is 98.0 Å². The van der Waals surface area contributed by atoms with Gasteiger partial charge in [0.2, 0.25) is 0 Å². The summed E-state index contributed by atoms with van der Waals surface area (Å²) in [7, 11) is -2.62. The quantitative estimate of drug-likeness (QED) is 0.454. The summed E-state index contributed by atoms with van der Waals surface area (Å²) in [5, 5.41) is 8.60. The van der Waals surface area contributed by atoms with Crippen LogP contribution in [0, 0.1) is 5.92 Å². The van der Waals surface area contributed by atoms with E-state index in [0.717, 1.165) is 25.7 Å². The molecular formula is C8H19O5PZn. The van der Waals surface area contributed by atoms with Crippen LogP contribution in [0.1, 0.15) is 39.5 Å². The van der Waals surface area contributed by atoms with E-state index in [4.69, 9.17) is 19.8 Å². The van der Waals surface area contributed by atoms with Crippen LogP contribution in [0.2, 0.25) is 0 Å². The van der Waals surface area contributed by atoms with Gasteiger partial charge in [-0.2, -0.15) is 0 Å². The Hall–Kier alpha value is 0.403. The van der Waals surface area contributed by atoms with Crippen LogP contribution < -0.4 is 0 Å². The van der Waals surface area contributed by atoms with Crippen molar-refractivity contribution in [2.24, 2.45) is 5.92 Å². The molecule has 0 aliphatic rings. The molecule has 4 N–H and O–H groups in total. The largest absolute Gasteiger partial charge is 0.481 e. The normalized spacial score (nSPS) is 11.1. The molecule has 0 amide bonds. The van der Waals surface area contributed by atoms with Crippen molar-refractivity contribution in [3.63, 3.8) is 0 Å². The van der Waals surface area contributed by atoms with Crippen molar-refractivity contribution in [3.8, 4) is 0 Å². The van der Waals surface area contributed by atoms with Gasteiger partial charge in [0.15, 0.2) is 0 Å². The van der Waals surface area contributed by atoms with E-state index in [1.807, 2.05) is 6.92 Å². The Morgan fingerprint density at radius 1 is 1.27 bits per heavy atom. The predicted molar refractivity (Wildman–Crippen MR) is 54.5 cm³/mol. The van der Waals surface area contributed by atoms with Gasteiger partial charge in [-0.1, -0.05) is 26.7 Å². The molecule has 7 heteroatoms. The molecule has 0 aliphatic carbocycles. The molecule has 0 saturated carbocycles. The minimum absolute atomic E-state index is 0. The van der Waals surface area contributed by atoms with E-state index in [2.05, 4.69) is 6.92 Å². The Morgan fingerprint density at radius 2 is 1.67 bits per heavy atom. The molecule has 0 bridgehead atoms. The van der Waals surface area contributed by atoms with Gasteiger partial charge < -0.3 is 19.8 Å². The van der Waals surface area contributed by atoms with Crippen LogP contribution >= 0.6 is 8.60 Å². The van der Waals surface area contributed by atoms with Gasteiger partial charge in [-0.3, -0.25) is 4.79 Å². The maximum atomic E-state index is 10.4. The number of hydrogen-bond donors (Lipinski definition) is 4. The molecule has 0 aromatic rings. The molecule has 0 aromatic heterocycles. The van der Waals surface area contributed by atoms with Crippen molar-refractivity contribution in [1.82, 2.24) is 0 Å². The van der Waals surface area contributed by atoms with Crippen LogP contribution in [0.25, 0.3) is 0 Å². The minimum Gasteiger partial charge on any atom is -0.481 e. The van der Waals surface area contributed by atoms with Gasteiger partial charge in [-0.05, 0) is 12.8 Å². The summed E-state index contributed by atoms with van der Waals surface area (Å²) in [6.45, 7) is 4.00. The predicted octanol–water partition coefficient (Wildman–Crippen LogP) is 1.48. The number of aliphatic carboxylic acids is 1. The fraction of sp³-hybridized carbons (Fsp3) is 0.875. The third-order valence-electron chi connectivity index (χ3n) is 1.75. The van der Waals surface area contributed by atoms with E-state index >= 15 is 0 Å². The van der Waals surface area contributed by atoms with Gasteiger partial charge in [0, 0.05) is 19.5 Å². The Labute approximate surface area is 104 Å². The van der Waals surface area contributed by atoms with E-state index in [1.165, 1.54) is 0 Å². The Morgan fingerprint density at radius 3 is 1.87 bits per heavy atom. The van der Waals surface area contributed by atoms with E-state index in [-0.39, 0.29) is 25.4 Å².